The summed E-state index contributed by atoms with van der Waals surface area (Å²) in [5.74, 6) is 1.40. The fourth-order valence-electron chi connectivity index (χ4n) is 4.74. The zero-order chi connectivity index (χ0) is 28.5. The molecule has 0 aromatic heterocycles. The molecule has 10 nitrogen and oxygen atoms in total. The van der Waals surface area contributed by atoms with Crippen molar-refractivity contribution >= 4 is 11.8 Å². The molecule has 0 unspecified atom stereocenters. The highest BCUT2D eigenvalue weighted by Crippen LogP contribution is 2.44. The maximum Gasteiger partial charge on any atom is 0.254 e. The minimum Gasteiger partial charge on any atom is -0.497 e. The Labute approximate surface area is 233 Å². The highest BCUT2D eigenvalue weighted by atomic mass is 16.5. The van der Waals surface area contributed by atoms with Crippen molar-refractivity contribution in [1.29, 1.82) is 0 Å². The molecule has 0 fully saturated rings. The predicted octanol–water partition coefficient (Wildman–Crippen LogP) is 4.85. The largest absolute Gasteiger partial charge is 0.497 e. The first-order valence-electron chi connectivity index (χ1n) is 13.0. The van der Waals surface area contributed by atoms with Gasteiger partial charge in [0, 0.05) is 44.0 Å². The lowest BCUT2D eigenvalue weighted by Crippen LogP contribution is -2.49. The molecule has 10 heteroatoms. The number of benzene rings is 3. The van der Waals surface area contributed by atoms with Gasteiger partial charge >= 0.3 is 0 Å². The Kier molecular flexibility index (Phi) is 9.27. The molecule has 208 valence electrons. The van der Waals surface area contributed by atoms with E-state index < -0.39 is 11.6 Å². The summed E-state index contributed by atoms with van der Waals surface area (Å²) in [7, 11) is 4.99. The number of hydrogen-bond donors (Lipinski definition) is 1. The first kappa shape index (κ1) is 28.5. The molecule has 1 N–H and O–H groups in total. The van der Waals surface area contributed by atoms with Gasteiger partial charge in [0.15, 0.2) is 11.6 Å². The van der Waals surface area contributed by atoms with Crippen LogP contribution in [0.4, 0.5) is 0 Å². The quantitative estimate of drug-likeness (QED) is 0.151. The lowest BCUT2D eigenvalue weighted by Gasteiger charge is -2.33. The molecule has 3 aromatic carbocycles. The number of hydrogen-bond acceptors (Lipinski definition) is 7. The monoisotopic (exact) mass is 543 g/mol. The van der Waals surface area contributed by atoms with Gasteiger partial charge in [-0.05, 0) is 58.6 Å². The number of aliphatic hydroxyl groups is 1. The molecule has 0 saturated carbocycles. The first-order chi connectivity index (χ1) is 19.4. The maximum absolute atomic E-state index is 14.1. The number of ether oxygens (including phenoxy) is 3. The number of aliphatic hydroxyl groups excluding tert-OH is 1. The Morgan fingerprint density at radius 3 is 2.52 bits per heavy atom. The van der Waals surface area contributed by atoms with E-state index in [1.54, 1.807) is 21.2 Å². The second-order valence-corrected chi connectivity index (χ2v) is 9.60. The lowest BCUT2D eigenvalue weighted by atomic mass is 9.80. The van der Waals surface area contributed by atoms with Gasteiger partial charge in [-0.1, -0.05) is 41.5 Å². The lowest BCUT2D eigenvalue weighted by molar-refractivity contribution is -0.137. The first-order valence-corrected chi connectivity index (χ1v) is 13.0. The van der Waals surface area contributed by atoms with Crippen molar-refractivity contribution in [3.8, 4) is 11.5 Å². The van der Waals surface area contributed by atoms with Gasteiger partial charge in [0.2, 0.25) is 5.90 Å². The number of likely N-dealkylation sites (N-methyl/N-ethyl adjacent to an activating group) is 1. The van der Waals surface area contributed by atoms with E-state index in [2.05, 4.69) is 10.0 Å². The average Bonchev–Trinajstić information content (AvgIpc) is 3.37. The van der Waals surface area contributed by atoms with Gasteiger partial charge in [0.1, 0.15) is 11.5 Å². The van der Waals surface area contributed by atoms with Crippen LogP contribution in [0.25, 0.3) is 10.4 Å². The van der Waals surface area contributed by atoms with E-state index in [1.165, 1.54) is 4.90 Å². The van der Waals surface area contributed by atoms with Crippen LogP contribution >= 0.6 is 0 Å². The van der Waals surface area contributed by atoms with Crippen LogP contribution in [0.15, 0.2) is 82.9 Å². The van der Waals surface area contributed by atoms with Gasteiger partial charge < -0.3 is 24.2 Å². The van der Waals surface area contributed by atoms with Gasteiger partial charge in [0.05, 0.1) is 20.3 Å². The fraction of sp³-hybridized carbons (Fsp3) is 0.333. The predicted molar refractivity (Wildman–Crippen MR) is 151 cm³/mol. The van der Waals surface area contributed by atoms with Crippen molar-refractivity contribution in [3.05, 3.63) is 105 Å². The number of azide groups is 1. The highest BCUT2D eigenvalue weighted by molar-refractivity contribution is 6.01. The number of carbonyl (C=O) groups is 1. The Balaban J connectivity index is 1.83. The van der Waals surface area contributed by atoms with Crippen LogP contribution in [0, 0.1) is 0 Å². The molecule has 2 atom stereocenters. The summed E-state index contributed by atoms with van der Waals surface area (Å²) in [5, 5.41) is 12.8. The zero-order valence-electron chi connectivity index (χ0n) is 22.9. The normalized spacial score (nSPS) is 17.8. The van der Waals surface area contributed by atoms with Crippen LogP contribution in [0.3, 0.4) is 0 Å². The minimum absolute atomic E-state index is 0.0579. The van der Waals surface area contributed by atoms with Crippen LogP contribution in [-0.2, 0) is 22.5 Å². The number of aliphatic imine (C=N–C) groups is 1. The van der Waals surface area contributed by atoms with Gasteiger partial charge in [0.25, 0.3) is 5.91 Å². The summed E-state index contributed by atoms with van der Waals surface area (Å²) in [6.07, 6.45) is -0.00849. The fourth-order valence-corrected chi connectivity index (χ4v) is 4.74. The summed E-state index contributed by atoms with van der Waals surface area (Å²) in [4.78, 5) is 23.6. The van der Waals surface area contributed by atoms with E-state index in [9.17, 15) is 4.79 Å². The number of amides is 1. The molecule has 1 aliphatic rings. The van der Waals surface area contributed by atoms with Crippen molar-refractivity contribution < 1.29 is 24.1 Å². The Morgan fingerprint density at radius 2 is 1.85 bits per heavy atom. The van der Waals surface area contributed by atoms with E-state index in [0.29, 0.717) is 36.0 Å². The molecular weight excluding hydrogens is 510 g/mol. The molecular formula is C30H33N5O5. The van der Waals surface area contributed by atoms with Crippen molar-refractivity contribution in [2.24, 2.45) is 10.1 Å². The van der Waals surface area contributed by atoms with Crippen molar-refractivity contribution in [2.45, 2.75) is 31.0 Å². The molecule has 0 bridgehead atoms. The van der Waals surface area contributed by atoms with E-state index in [1.807, 2.05) is 72.8 Å². The third-order valence-corrected chi connectivity index (χ3v) is 6.69. The Hall–Kier alpha value is -4.53. The third kappa shape index (κ3) is 6.20. The summed E-state index contributed by atoms with van der Waals surface area (Å²) in [6.45, 7) is 0.612. The summed E-state index contributed by atoms with van der Waals surface area (Å²) in [6, 6.07) is 22.3. The molecule has 0 aliphatic carbocycles. The van der Waals surface area contributed by atoms with Gasteiger partial charge in [-0.15, -0.1) is 0 Å². The highest BCUT2D eigenvalue weighted by Gasteiger charge is 2.54. The number of nitrogens with zero attached hydrogens (tertiary/aromatic N) is 5. The molecule has 1 aliphatic heterocycles. The van der Waals surface area contributed by atoms with Crippen LogP contribution < -0.4 is 9.47 Å². The SMILES string of the molecule is COc1cccc([C@H]2OC(c3ccc(OCCCO)cc3)=N[C@@]2(Cc2ccccc2CN=[N+]=[N-])C(=O)N(C)C)c1. The van der Waals surface area contributed by atoms with E-state index in [-0.39, 0.29) is 25.5 Å². The third-order valence-electron chi connectivity index (χ3n) is 6.69. The second kappa shape index (κ2) is 13.0. The number of rotatable bonds is 12. The topological polar surface area (TPSA) is 129 Å². The summed E-state index contributed by atoms with van der Waals surface area (Å²) < 4.78 is 17.7. The molecule has 1 heterocycles. The molecule has 3 aromatic rings. The molecule has 4 rings (SSSR count). The molecule has 1 amide bonds. The van der Waals surface area contributed by atoms with E-state index in [0.717, 1.165) is 16.7 Å². The van der Waals surface area contributed by atoms with E-state index in [4.69, 9.17) is 29.8 Å². The summed E-state index contributed by atoms with van der Waals surface area (Å²) in [5.41, 5.74) is 10.6. The molecule has 0 saturated heterocycles. The van der Waals surface area contributed by atoms with Gasteiger partial charge in [-0.3, -0.25) is 4.79 Å². The van der Waals surface area contributed by atoms with Crippen molar-refractivity contribution in [2.75, 3.05) is 34.4 Å². The number of methoxy groups -OCH3 is 1. The standard InChI is InChI=1S/C30H33N5O5/c1-35(2)29(37)30(19-23-8-4-5-9-24(23)20-32-34-31)27(22-10-6-11-26(18-22)38-3)40-28(33-30)21-12-14-25(15-13-21)39-17-7-16-36/h4-6,8-15,18,27,36H,7,16-17,19-20H2,1-3H3/t27-,30-/m1/s1. The van der Waals surface area contributed by atoms with Gasteiger partial charge in [-0.2, -0.15) is 0 Å². The Morgan fingerprint density at radius 1 is 1.10 bits per heavy atom. The smallest absolute Gasteiger partial charge is 0.254 e. The minimum atomic E-state index is -1.35. The van der Waals surface area contributed by atoms with Crippen LogP contribution in [0.5, 0.6) is 11.5 Å². The average molecular weight is 544 g/mol. The number of carbonyl (C=O) groups excluding carboxylic acids is 1. The van der Waals surface area contributed by atoms with Crippen LogP contribution in [0.2, 0.25) is 0 Å². The molecule has 40 heavy (non-hydrogen) atoms. The van der Waals surface area contributed by atoms with E-state index >= 15 is 0 Å². The summed E-state index contributed by atoms with van der Waals surface area (Å²) >= 11 is 0. The zero-order valence-corrected chi connectivity index (χ0v) is 22.9. The van der Waals surface area contributed by atoms with Crippen LogP contribution in [0.1, 0.15) is 34.8 Å². The van der Waals surface area contributed by atoms with Crippen LogP contribution in [-0.4, -0.2) is 61.8 Å². The van der Waals surface area contributed by atoms with Crippen molar-refractivity contribution in [3.63, 3.8) is 0 Å². The molecule has 0 radical (unpaired) electrons. The van der Waals surface area contributed by atoms with Crippen molar-refractivity contribution in [1.82, 2.24) is 4.90 Å². The second-order valence-electron chi connectivity index (χ2n) is 9.60. The maximum atomic E-state index is 14.1. The van der Waals surface area contributed by atoms with Gasteiger partial charge in [-0.25, -0.2) is 4.99 Å². The molecule has 0 spiro atoms. The Bertz CT molecular complexity index is 1400.